The molecule has 0 aromatic carbocycles. The minimum absolute atomic E-state index is 0.0648. The van der Waals surface area contributed by atoms with Crippen LogP contribution < -0.4 is 5.32 Å². The number of carboxylic acids is 1. The highest BCUT2D eigenvalue weighted by Gasteiger charge is 2.40. The maximum Gasteiger partial charge on any atom is 0.306 e. The molecule has 0 spiro atoms. The van der Waals surface area contributed by atoms with E-state index in [2.05, 4.69) is 19.2 Å². The Hall–Kier alpha value is -1.06. The zero-order valence-corrected chi connectivity index (χ0v) is 11.2. The summed E-state index contributed by atoms with van der Waals surface area (Å²) in [5.74, 6) is -0.769. The Morgan fingerprint density at radius 2 is 1.94 bits per heavy atom. The van der Waals surface area contributed by atoms with Gasteiger partial charge in [0, 0.05) is 12.0 Å². The molecule has 0 saturated heterocycles. The number of amides is 1. The summed E-state index contributed by atoms with van der Waals surface area (Å²) in [5.41, 5.74) is 0.0921. The maximum atomic E-state index is 12.2. The van der Waals surface area contributed by atoms with Crippen LogP contribution in [0.25, 0.3) is 0 Å². The first-order valence-corrected chi connectivity index (χ1v) is 6.93. The van der Waals surface area contributed by atoms with Crippen LogP contribution in [0.5, 0.6) is 0 Å². The van der Waals surface area contributed by atoms with Crippen LogP contribution in [0.2, 0.25) is 0 Å². The Kier molecular flexibility index (Phi) is 3.64. The standard InChI is InChI=1S/C14H23NO3/c1-14(2)7-3-4-11(14)12(16)15-10-6-5-9(8-10)13(17)18/h9-11H,3-8H2,1-2H3,(H,15,16)(H,17,18)/t9-,10+,11?/m1/s1. The molecule has 2 rings (SSSR count). The summed E-state index contributed by atoms with van der Waals surface area (Å²) in [5, 5.41) is 12.0. The second kappa shape index (κ2) is 4.90. The van der Waals surface area contributed by atoms with Crippen LogP contribution in [0.15, 0.2) is 0 Å². The second-order valence-corrected chi connectivity index (χ2v) is 6.49. The van der Waals surface area contributed by atoms with Gasteiger partial charge in [0.15, 0.2) is 0 Å². The fraction of sp³-hybridized carbons (Fsp3) is 0.857. The van der Waals surface area contributed by atoms with Crippen LogP contribution in [-0.2, 0) is 9.59 Å². The van der Waals surface area contributed by atoms with Gasteiger partial charge in [0.2, 0.25) is 5.91 Å². The van der Waals surface area contributed by atoms with E-state index in [4.69, 9.17) is 5.11 Å². The largest absolute Gasteiger partial charge is 0.481 e. The third-order valence-corrected chi connectivity index (χ3v) is 4.70. The number of rotatable bonds is 3. The van der Waals surface area contributed by atoms with E-state index in [-0.39, 0.29) is 29.2 Å². The first-order valence-electron chi connectivity index (χ1n) is 6.93. The van der Waals surface area contributed by atoms with Crippen LogP contribution in [0.1, 0.15) is 52.4 Å². The molecule has 3 atom stereocenters. The zero-order chi connectivity index (χ0) is 13.3. The molecule has 4 nitrogen and oxygen atoms in total. The van der Waals surface area contributed by atoms with E-state index in [1.807, 2.05) is 0 Å². The summed E-state index contributed by atoms with van der Waals surface area (Å²) in [7, 11) is 0. The Balaban J connectivity index is 1.87. The van der Waals surface area contributed by atoms with E-state index < -0.39 is 5.97 Å². The van der Waals surface area contributed by atoms with Crippen LogP contribution in [0, 0.1) is 17.3 Å². The fourth-order valence-corrected chi connectivity index (χ4v) is 3.45. The van der Waals surface area contributed by atoms with Crippen molar-refractivity contribution in [2.24, 2.45) is 17.3 Å². The number of carboxylic acid groups (broad SMARTS) is 1. The van der Waals surface area contributed by atoms with Crippen molar-refractivity contribution in [2.45, 2.75) is 58.4 Å². The molecule has 0 aromatic rings. The van der Waals surface area contributed by atoms with Gasteiger partial charge in [-0.15, -0.1) is 0 Å². The van der Waals surface area contributed by atoms with Crippen molar-refractivity contribution in [2.75, 3.05) is 0 Å². The van der Waals surface area contributed by atoms with Crippen molar-refractivity contribution < 1.29 is 14.7 Å². The van der Waals surface area contributed by atoms with Crippen LogP contribution in [-0.4, -0.2) is 23.0 Å². The van der Waals surface area contributed by atoms with Crippen molar-refractivity contribution in [3.63, 3.8) is 0 Å². The van der Waals surface area contributed by atoms with E-state index in [0.29, 0.717) is 12.8 Å². The number of carbonyl (C=O) groups excluding carboxylic acids is 1. The minimum Gasteiger partial charge on any atom is -0.481 e. The van der Waals surface area contributed by atoms with Crippen molar-refractivity contribution in [1.82, 2.24) is 5.32 Å². The second-order valence-electron chi connectivity index (χ2n) is 6.49. The topological polar surface area (TPSA) is 66.4 Å². The summed E-state index contributed by atoms with van der Waals surface area (Å²) in [4.78, 5) is 23.1. The van der Waals surface area contributed by atoms with Gasteiger partial charge >= 0.3 is 5.97 Å². The molecule has 0 radical (unpaired) electrons. The van der Waals surface area contributed by atoms with Gasteiger partial charge < -0.3 is 10.4 Å². The van der Waals surface area contributed by atoms with Crippen molar-refractivity contribution in [3.05, 3.63) is 0 Å². The summed E-state index contributed by atoms with van der Waals surface area (Å²) < 4.78 is 0. The fourth-order valence-electron chi connectivity index (χ4n) is 3.45. The quantitative estimate of drug-likeness (QED) is 0.810. The Labute approximate surface area is 108 Å². The van der Waals surface area contributed by atoms with Crippen LogP contribution >= 0.6 is 0 Å². The Bertz CT molecular complexity index is 351. The smallest absolute Gasteiger partial charge is 0.306 e. The van der Waals surface area contributed by atoms with Gasteiger partial charge in [-0.1, -0.05) is 20.3 Å². The molecule has 0 bridgehead atoms. The van der Waals surface area contributed by atoms with Gasteiger partial charge in [-0.3, -0.25) is 9.59 Å². The number of nitrogens with one attached hydrogen (secondary N) is 1. The molecule has 2 aliphatic rings. The number of aliphatic carboxylic acids is 1. The zero-order valence-electron chi connectivity index (χ0n) is 11.2. The summed E-state index contributed by atoms with van der Waals surface area (Å²) in [6.45, 7) is 4.30. The number of hydrogen-bond donors (Lipinski definition) is 2. The number of carbonyl (C=O) groups is 2. The summed E-state index contributed by atoms with van der Waals surface area (Å²) in [6.07, 6.45) is 5.27. The van der Waals surface area contributed by atoms with Crippen molar-refractivity contribution in [3.8, 4) is 0 Å². The monoisotopic (exact) mass is 253 g/mol. The maximum absolute atomic E-state index is 12.2. The highest BCUT2D eigenvalue weighted by atomic mass is 16.4. The van der Waals surface area contributed by atoms with Crippen LogP contribution in [0.3, 0.4) is 0 Å². The molecule has 2 saturated carbocycles. The normalized spacial score (nSPS) is 34.4. The molecule has 0 heterocycles. The first-order chi connectivity index (χ1) is 8.40. The molecule has 0 aromatic heterocycles. The molecule has 4 heteroatoms. The predicted octanol–water partition coefficient (Wildman–Crippen LogP) is 2.18. The highest BCUT2D eigenvalue weighted by Crippen LogP contribution is 2.42. The summed E-state index contributed by atoms with van der Waals surface area (Å²) in [6, 6.07) is 0.0648. The lowest BCUT2D eigenvalue weighted by Gasteiger charge is -2.27. The molecule has 2 N–H and O–H groups in total. The Morgan fingerprint density at radius 1 is 1.22 bits per heavy atom. The van der Waals surface area contributed by atoms with Gasteiger partial charge in [-0.2, -0.15) is 0 Å². The lowest BCUT2D eigenvalue weighted by molar-refractivity contribution is -0.141. The number of hydrogen-bond acceptors (Lipinski definition) is 2. The van der Waals surface area contributed by atoms with Gasteiger partial charge in [-0.05, 0) is 37.5 Å². The molecule has 2 fully saturated rings. The van der Waals surface area contributed by atoms with Crippen LogP contribution in [0.4, 0.5) is 0 Å². The average molecular weight is 253 g/mol. The van der Waals surface area contributed by atoms with E-state index in [0.717, 1.165) is 25.7 Å². The summed E-state index contributed by atoms with van der Waals surface area (Å²) >= 11 is 0. The molecule has 1 amide bonds. The predicted molar refractivity (Wildman–Crippen MR) is 68.0 cm³/mol. The van der Waals surface area contributed by atoms with E-state index in [1.54, 1.807) is 0 Å². The molecule has 102 valence electrons. The van der Waals surface area contributed by atoms with Gasteiger partial charge in [-0.25, -0.2) is 0 Å². The third kappa shape index (κ3) is 2.68. The van der Waals surface area contributed by atoms with Gasteiger partial charge in [0.05, 0.1) is 5.92 Å². The van der Waals surface area contributed by atoms with Crippen molar-refractivity contribution >= 4 is 11.9 Å². The average Bonchev–Trinajstić information content (AvgIpc) is 2.84. The van der Waals surface area contributed by atoms with E-state index in [9.17, 15) is 9.59 Å². The highest BCUT2D eigenvalue weighted by molar-refractivity contribution is 5.80. The lowest BCUT2D eigenvalue weighted by atomic mass is 9.81. The molecular weight excluding hydrogens is 230 g/mol. The molecule has 1 unspecified atom stereocenters. The third-order valence-electron chi connectivity index (χ3n) is 4.70. The molecular formula is C14H23NO3. The SMILES string of the molecule is CC1(C)CCCC1C(=O)N[C@H]1CC[C@@H](C(=O)O)C1. The van der Waals surface area contributed by atoms with Gasteiger partial charge in [0.1, 0.15) is 0 Å². The molecule has 2 aliphatic carbocycles. The molecule has 18 heavy (non-hydrogen) atoms. The first kappa shape index (κ1) is 13.4. The van der Waals surface area contributed by atoms with Gasteiger partial charge in [0.25, 0.3) is 0 Å². The Morgan fingerprint density at radius 3 is 2.44 bits per heavy atom. The van der Waals surface area contributed by atoms with E-state index >= 15 is 0 Å². The lowest BCUT2D eigenvalue weighted by Crippen LogP contribution is -2.41. The molecule has 0 aliphatic heterocycles. The van der Waals surface area contributed by atoms with Crippen molar-refractivity contribution in [1.29, 1.82) is 0 Å². The van der Waals surface area contributed by atoms with E-state index in [1.165, 1.54) is 0 Å². The minimum atomic E-state index is -0.729.